The van der Waals surface area contributed by atoms with Crippen molar-refractivity contribution in [2.24, 2.45) is 0 Å². The third kappa shape index (κ3) is 3.75. The molecule has 0 radical (unpaired) electrons. The molecule has 4 heteroatoms. The largest absolute Gasteiger partial charge is 0.377 e. The second-order valence-electron chi connectivity index (χ2n) is 4.87. The van der Waals surface area contributed by atoms with Gasteiger partial charge in [0.25, 0.3) is 0 Å². The Bertz CT molecular complexity index is 382. The van der Waals surface area contributed by atoms with Crippen LogP contribution in [-0.2, 0) is 15.9 Å². The van der Waals surface area contributed by atoms with Crippen LogP contribution in [0.15, 0.2) is 24.3 Å². The fourth-order valence-electron chi connectivity index (χ4n) is 2.53. The summed E-state index contributed by atoms with van der Waals surface area (Å²) in [4.78, 5) is 0. The Morgan fingerprint density at radius 2 is 2.05 bits per heavy atom. The van der Waals surface area contributed by atoms with Gasteiger partial charge in [-0.3, -0.25) is 0 Å². The van der Waals surface area contributed by atoms with E-state index in [4.69, 9.17) is 9.47 Å². The van der Waals surface area contributed by atoms with Crippen molar-refractivity contribution < 1.29 is 13.9 Å². The minimum absolute atomic E-state index is 0.146. The average molecular weight is 267 g/mol. The maximum Gasteiger partial charge on any atom is 0.123 e. The Morgan fingerprint density at radius 3 is 2.68 bits per heavy atom. The molecule has 19 heavy (non-hydrogen) atoms. The van der Waals surface area contributed by atoms with Crippen LogP contribution in [0.3, 0.4) is 0 Å². The molecule has 0 saturated heterocycles. The first kappa shape index (κ1) is 14.4. The minimum atomic E-state index is -0.185. The number of halogens is 1. The van der Waals surface area contributed by atoms with Gasteiger partial charge in [0, 0.05) is 19.8 Å². The van der Waals surface area contributed by atoms with E-state index >= 15 is 0 Å². The van der Waals surface area contributed by atoms with E-state index < -0.39 is 0 Å². The number of nitrogens with one attached hydrogen (secondary N) is 1. The molecule has 1 saturated carbocycles. The van der Waals surface area contributed by atoms with E-state index in [1.165, 1.54) is 12.1 Å². The van der Waals surface area contributed by atoms with Crippen LogP contribution in [0.2, 0.25) is 0 Å². The molecule has 106 valence electrons. The summed E-state index contributed by atoms with van der Waals surface area (Å²) in [5, 5.41) is 3.47. The van der Waals surface area contributed by atoms with E-state index in [0.717, 1.165) is 31.6 Å². The molecule has 2 rings (SSSR count). The highest BCUT2D eigenvalue weighted by atomic mass is 19.1. The van der Waals surface area contributed by atoms with Crippen molar-refractivity contribution in [3.63, 3.8) is 0 Å². The first-order chi connectivity index (χ1) is 9.24. The molecule has 0 aliphatic heterocycles. The van der Waals surface area contributed by atoms with Gasteiger partial charge in [-0.05, 0) is 44.0 Å². The van der Waals surface area contributed by atoms with Gasteiger partial charge in [0.1, 0.15) is 5.82 Å². The summed E-state index contributed by atoms with van der Waals surface area (Å²) >= 11 is 0. The molecule has 3 atom stereocenters. The lowest BCUT2D eigenvalue weighted by Gasteiger charge is -2.43. The second-order valence-corrected chi connectivity index (χ2v) is 4.87. The Kier molecular flexibility index (Phi) is 5.31. The van der Waals surface area contributed by atoms with Crippen LogP contribution < -0.4 is 5.32 Å². The summed E-state index contributed by atoms with van der Waals surface area (Å²) in [7, 11) is 1.73. The highest BCUT2D eigenvalue weighted by Crippen LogP contribution is 2.26. The first-order valence-corrected chi connectivity index (χ1v) is 6.86. The summed E-state index contributed by atoms with van der Waals surface area (Å²) in [5.74, 6) is -0.185. The SMILES string of the molecule is CCOC1CC(NCCc2ccc(F)cc2)C1OC. The van der Waals surface area contributed by atoms with E-state index in [1.807, 2.05) is 19.1 Å². The van der Waals surface area contributed by atoms with Crippen molar-refractivity contribution in [3.8, 4) is 0 Å². The molecule has 1 aromatic rings. The van der Waals surface area contributed by atoms with Crippen molar-refractivity contribution in [1.29, 1.82) is 0 Å². The van der Waals surface area contributed by atoms with E-state index in [2.05, 4.69) is 5.32 Å². The monoisotopic (exact) mass is 267 g/mol. The second kappa shape index (κ2) is 6.98. The van der Waals surface area contributed by atoms with Crippen molar-refractivity contribution in [1.82, 2.24) is 5.32 Å². The Hall–Kier alpha value is -0.970. The van der Waals surface area contributed by atoms with Crippen molar-refractivity contribution in [2.45, 2.75) is 38.0 Å². The lowest BCUT2D eigenvalue weighted by molar-refractivity contribution is -0.131. The summed E-state index contributed by atoms with van der Waals surface area (Å²) in [5.41, 5.74) is 1.14. The molecule has 3 unspecified atom stereocenters. The first-order valence-electron chi connectivity index (χ1n) is 6.86. The molecule has 1 fully saturated rings. The fraction of sp³-hybridized carbons (Fsp3) is 0.600. The number of benzene rings is 1. The average Bonchev–Trinajstić information content (AvgIpc) is 2.39. The van der Waals surface area contributed by atoms with Gasteiger partial charge in [0.05, 0.1) is 12.2 Å². The Balaban J connectivity index is 1.70. The molecule has 0 amide bonds. The molecule has 1 aromatic carbocycles. The van der Waals surface area contributed by atoms with Gasteiger partial charge in [-0.2, -0.15) is 0 Å². The van der Waals surface area contributed by atoms with Crippen molar-refractivity contribution in [3.05, 3.63) is 35.6 Å². The molecule has 1 aliphatic rings. The van der Waals surface area contributed by atoms with Gasteiger partial charge < -0.3 is 14.8 Å². The molecule has 1 N–H and O–H groups in total. The normalized spacial score (nSPS) is 26.2. The number of hydrogen-bond donors (Lipinski definition) is 1. The minimum Gasteiger partial charge on any atom is -0.377 e. The van der Waals surface area contributed by atoms with Crippen LogP contribution in [0.25, 0.3) is 0 Å². The van der Waals surface area contributed by atoms with Crippen LogP contribution in [0.4, 0.5) is 4.39 Å². The maximum atomic E-state index is 12.8. The van der Waals surface area contributed by atoms with Gasteiger partial charge in [0.15, 0.2) is 0 Å². The highest BCUT2D eigenvalue weighted by molar-refractivity contribution is 5.16. The van der Waals surface area contributed by atoms with Crippen LogP contribution in [-0.4, -0.2) is 38.5 Å². The summed E-state index contributed by atoms with van der Waals surface area (Å²) in [6, 6.07) is 7.02. The Morgan fingerprint density at radius 1 is 1.32 bits per heavy atom. The standard InChI is InChI=1S/C15H22FNO2/c1-3-19-14-10-13(15(14)18-2)17-9-8-11-4-6-12(16)7-5-11/h4-7,13-15,17H,3,8-10H2,1-2H3. The van der Waals surface area contributed by atoms with E-state index in [-0.39, 0.29) is 18.0 Å². The molecular formula is C15H22FNO2. The predicted octanol–water partition coefficient (Wildman–Crippen LogP) is 2.15. The van der Waals surface area contributed by atoms with Crippen LogP contribution in [0.1, 0.15) is 18.9 Å². The molecule has 3 nitrogen and oxygen atoms in total. The van der Waals surface area contributed by atoms with Gasteiger partial charge in [0.2, 0.25) is 0 Å². The zero-order chi connectivity index (χ0) is 13.7. The fourth-order valence-corrected chi connectivity index (χ4v) is 2.53. The van der Waals surface area contributed by atoms with Gasteiger partial charge in [-0.1, -0.05) is 12.1 Å². The summed E-state index contributed by atoms with van der Waals surface area (Å²) in [6.07, 6.45) is 2.26. The molecule has 0 aromatic heterocycles. The smallest absolute Gasteiger partial charge is 0.123 e. The van der Waals surface area contributed by atoms with Crippen molar-refractivity contribution in [2.75, 3.05) is 20.3 Å². The van der Waals surface area contributed by atoms with E-state index in [9.17, 15) is 4.39 Å². The number of ether oxygens (including phenoxy) is 2. The summed E-state index contributed by atoms with van der Waals surface area (Å²) < 4.78 is 23.8. The number of methoxy groups -OCH3 is 1. The number of rotatable bonds is 7. The molecule has 0 heterocycles. The van der Waals surface area contributed by atoms with Crippen molar-refractivity contribution >= 4 is 0 Å². The van der Waals surface area contributed by atoms with Crippen LogP contribution >= 0.6 is 0 Å². The zero-order valence-electron chi connectivity index (χ0n) is 11.6. The van der Waals surface area contributed by atoms with Crippen LogP contribution in [0, 0.1) is 5.82 Å². The third-order valence-electron chi connectivity index (χ3n) is 3.64. The van der Waals surface area contributed by atoms with Gasteiger partial charge in [-0.25, -0.2) is 4.39 Å². The lowest BCUT2D eigenvalue weighted by Crippen LogP contribution is -2.60. The van der Waals surface area contributed by atoms with Gasteiger partial charge in [-0.15, -0.1) is 0 Å². The maximum absolute atomic E-state index is 12.8. The van der Waals surface area contributed by atoms with Crippen LogP contribution in [0.5, 0.6) is 0 Å². The Labute approximate surface area is 114 Å². The number of hydrogen-bond acceptors (Lipinski definition) is 3. The molecular weight excluding hydrogens is 245 g/mol. The lowest BCUT2D eigenvalue weighted by atomic mass is 9.85. The summed E-state index contributed by atoms with van der Waals surface area (Å²) in [6.45, 7) is 3.60. The predicted molar refractivity (Wildman–Crippen MR) is 72.7 cm³/mol. The molecule has 0 bridgehead atoms. The van der Waals surface area contributed by atoms with E-state index in [0.29, 0.717) is 6.04 Å². The third-order valence-corrected chi connectivity index (χ3v) is 3.64. The zero-order valence-corrected chi connectivity index (χ0v) is 11.6. The molecule has 0 spiro atoms. The van der Waals surface area contributed by atoms with Gasteiger partial charge >= 0.3 is 0 Å². The van der Waals surface area contributed by atoms with E-state index in [1.54, 1.807) is 7.11 Å². The highest BCUT2D eigenvalue weighted by Gasteiger charge is 2.41. The topological polar surface area (TPSA) is 30.5 Å². The molecule has 1 aliphatic carbocycles. The quantitative estimate of drug-likeness (QED) is 0.821.